The minimum Gasteiger partial charge on any atom is -0.493 e. The summed E-state index contributed by atoms with van der Waals surface area (Å²) in [5.41, 5.74) is 1.10. The molecule has 2 atom stereocenters. The highest BCUT2D eigenvalue weighted by atomic mass is 35.5. The van der Waals surface area contributed by atoms with Crippen molar-refractivity contribution in [3.63, 3.8) is 0 Å². The maximum absolute atomic E-state index is 6.48. The van der Waals surface area contributed by atoms with Crippen molar-refractivity contribution in [3.05, 3.63) is 22.7 Å². The van der Waals surface area contributed by atoms with Crippen LogP contribution in [0.5, 0.6) is 11.5 Å². The number of ether oxygens (including phenoxy) is 2. The number of hydrogen-bond acceptors (Lipinski definition) is 4. The minimum atomic E-state index is 0.631. The molecule has 0 spiro atoms. The zero-order chi connectivity index (χ0) is 14.8. The fraction of sp³-hybridized carbons (Fsp3) is 0.625. The van der Waals surface area contributed by atoms with Gasteiger partial charge in [0.2, 0.25) is 0 Å². The van der Waals surface area contributed by atoms with Gasteiger partial charge in [-0.05, 0) is 36.9 Å². The number of fused-ring (bicyclic) bond motifs is 1. The molecule has 21 heavy (non-hydrogen) atoms. The lowest BCUT2D eigenvalue weighted by Crippen LogP contribution is -2.40. The van der Waals surface area contributed by atoms with Crippen molar-refractivity contribution < 1.29 is 9.47 Å². The molecule has 2 fully saturated rings. The molecule has 0 aromatic heterocycles. The molecular weight excluding hydrogens is 288 g/mol. The number of piperidine rings is 1. The molecule has 0 amide bonds. The van der Waals surface area contributed by atoms with Gasteiger partial charge in [0.15, 0.2) is 11.5 Å². The highest BCUT2D eigenvalue weighted by molar-refractivity contribution is 6.33. The first kappa shape index (κ1) is 14.9. The first-order chi connectivity index (χ1) is 10.2. The standard InChI is InChI=1S/C16H23ClN2O2/c1-20-14-6-5-12(15(17)16(14)21-2)9-19-8-11-4-3-7-18-13(11)10-19/h5-6,11,13,18H,3-4,7-10H2,1-2H3. The molecule has 116 valence electrons. The highest BCUT2D eigenvalue weighted by Gasteiger charge is 2.34. The maximum atomic E-state index is 6.48. The summed E-state index contributed by atoms with van der Waals surface area (Å²) in [6, 6.07) is 4.62. The lowest BCUT2D eigenvalue weighted by atomic mass is 9.94. The number of likely N-dealkylation sites (tertiary alicyclic amines) is 1. The van der Waals surface area contributed by atoms with Crippen LogP contribution in [0.15, 0.2) is 12.1 Å². The van der Waals surface area contributed by atoms with E-state index in [2.05, 4.69) is 10.2 Å². The second-order valence-corrected chi connectivity index (χ2v) is 6.31. The lowest BCUT2D eigenvalue weighted by molar-refractivity contribution is 0.311. The van der Waals surface area contributed by atoms with Gasteiger partial charge in [-0.15, -0.1) is 0 Å². The summed E-state index contributed by atoms with van der Waals surface area (Å²) in [6.07, 6.45) is 2.64. The molecule has 1 aromatic carbocycles. The SMILES string of the molecule is COc1ccc(CN2CC3CCCNC3C2)c(Cl)c1OC. The summed E-state index contributed by atoms with van der Waals surface area (Å²) in [7, 11) is 3.26. The number of nitrogens with one attached hydrogen (secondary N) is 1. The maximum Gasteiger partial charge on any atom is 0.179 e. The van der Waals surface area contributed by atoms with Gasteiger partial charge >= 0.3 is 0 Å². The van der Waals surface area contributed by atoms with E-state index in [1.54, 1.807) is 14.2 Å². The second kappa shape index (κ2) is 6.42. The number of benzene rings is 1. The molecule has 2 aliphatic rings. The van der Waals surface area contributed by atoms with E-state index in [-0.39, 0.29) is 0 Å². The van der Waals surface area contributed by atoms with Crippen LogP contribution in [0.25, 0.3) is 0 Å². The molecule has 4 nitrogen and oxygen atoms in total. The first-order valence-electron chi connectivity index (χ1n) is 7.58. The normalized spacial score (nSPS) is 25.7. The van der Waals surface area contributed by atoms with E-state index < -0.39 is 0 Å². The van der Waals surface area contributed by atoms with Crippen molar-refractivity contribution in [1.82, 2.24) is 10.2 Å². The minimum absolute atomic E-state index is 0.631. The zero-order valence-electron chi connectivity index (χ0n) is 12.7. The third kappa shape index (κ3) is 2.98. The van der Waals surface area contributed by atoms with Crippen LogP contribution in [0.2, 0.25) is 5.02 Å². The third-order valence-corrected chi connectivity index (χ3v) is 5.05. The van der Waals surface area contributed by atoms with Crippen molar-refractivity contribution in [2.24, 2.45) is 5.92 Å². The molecule has 0 saturated carbocycles. The predicted octanol–water partition coefficient (Wildman–Crippen LogP) is 2.54. The molecule has 5 heteroatoms. The van der Waals surface area contributed by atoms with Crippen molar-refractivity contribution in [2.45, 2.75) is 25.4 Å². The Bertz CT molecular complexity index is 495. The predicted molar refractivity (Wildman–Crippen MR) is 84.3 cm³/mol. The molecule has 2 unspecified atom stereocenters. The Labute approximate surface area is 131 Å². The highest BCUT2D eigenvalue weighted by Crippen LogP contribution is 2.38. The number of methoxy groups -OCH3 is 2. The molecule has 0 radical (unpaired) electrons. The molecular formula is C16H23ClN2O2. The summed E-state index contributed by atoms with van der Waals surface area (Å²) in [6.45, 7) is 4.29. The second-order valence-electron chi connectivity index (χ2n) is 5.93. The quantitative estimate of drug-likeness (QED) is 0.926. The Morgan fingerprint density at radius 3 is 2.86 bits per heavy atom. The summed E-state index contributed by atoms with van der Waals surface area (Å²) in [5, 5.41) is 4.30. The Kier molecular flexibility index (Phi) is 4.57. The molecule has 2 heterocycles. The fourth-order valence-corrected chi connectivity index (χ4v) is 3.85. The van der Waals surface area contributed by atoms with Crippen LogP contribution in [0.1, 0.15) is 18.4 Å². The Morgan fingerprint density at radius 2 is 2.14 bits per heavy atom. The van der Waals surface area contributed by atoms with Crippen LogP contribution < -0.4 is 14.8 Å². The van der Waals surface area contributed by atoms with Crippen molar-refractivity contribution in [2.75, 3.05) is 33.9 Å². The summed E-state index contributed by atoms with van der Waals surface area (Å²) in [4.78, 5) is 2.49. The Morgan fingerprint density at radius 1 is 1.29 bits per heavy atom. The monoisotopic (exact) mass is 310 g/mol. The van der Waals surface area contributed by atoms with Gasteiger partial charge in [0.25, 0.3) is 0 Å². The average Bonchev–Trinajstić information content (AvgIpc) is 2.91. The number of nitrogens with zero attached hydrogens (tertiary/aromatic N) is 1. The van der Waals surface area contributed by atoms with Gasteiger partial charge in [-0.25, -0.2) is 0 Å². The van der Waals surface area contributed by atoms with E-state index in [1.165, 1.54) is 12.8 Å². The van der Waals surface area contributed by atoms with E-state index in [4.69, 9.17) is 21.1 Å². The largest absolute Gasteiger partial charge is 0.493 e. The van der Waals surface area contributed by atoms with Crippen molar-refractivity contribution in [1.29, 1.82) is 0 Å². The van der Waals surface area contributed by atoms with Crippen molar-refractivity contribution >= 4 is 11.6 Å². The van der Waals surface area contributed by atoms with E-state index in [0.717, 1.165) is 37.7 Å². The number of halogens is 1. The van der Waals surface area contributed by atoms with Crippen LogP contribution in [-0.2, 0) is 6.54 Å². The first-order valence-corrected chi connectivity index (χ1v) is 7.95. The van der Waals surface area contributed by atoms with Gasteiger partial charge in [0.05, 0.1) is 19.2 Å². The van der Waals surface area contributed by atoms with Gasteiger partial charge in [-0.2, -0.15) is 0 Å². The molecule has 0 aliphatic carbocycles. The molecule has 2 saturated heterocycles. The van der Waals surface area contributed by atoms with Gasteiger partial charge in [0, 0.05) is 25.7 Å². The van der Waals surface area contributed by atoms with Gasteiger partial charge in [-0.3, -0.25) is 4.90 Å². The average molecular weight is 311 g/mol. The van der Waals surface area contributed by atoms with Gasteiger partial charge < -0.3 is 14.8 Å². The van der Waals surface area contributed by atoms with E-state index in [1.807, 2.05) is 12.1 Å². The van der Waals surface area contributed by atoms with E-state index >= 15 is 0 Å². The molecule has 1 aromatic rings. The van der Waals surface area contributed by atoms with Crippen LogP contribution >= 0.6 is 11.6 Å². The summed E-state index contributed by atoms with van der Waals surface area (Å²) in [5.74, 6) is 2.10. The van der Waals surface area contributed by atoms with Gasteiger partial charge in [0.1, 0.15) is 0 Å². The van der Waals surface area contributed by atoms with Crippen LogP contribution in [0.3, 0.4) is 0 Å². The number of rotatable bonds is 4. The molecule has 1 N–H and O–H groups in total. The lowest BCUT2D eigenvalue weighted by Gasteiger charge is -2.24. The van der Waals surface area contributed by atoms with Gasteiger partial charge in [-0.1, -0.05) is 17.7 Å². The Hall–Kier alpha value is -0.970. The van der Waals surface area contributed by atoms with Crippen molar-refractivity contribution in [3.8, 4) is 11.5 Å². The molecule has 3 rings (SSSR count). The Balaban J connectivity index is 1.73. The topological polar surface area (TPSA) is 33.7 Å². The van der Waals surface area contributed by atoms with Crippen LogP contribution in [-0.4, -0.2) is 44.8 Å². The summed E-state index contributed by atoms with van der Waals surface area (Å²) >= 11 is 6.48. The van der Waals surface area contributed by atoms with E-state index in [9.17, 15) is 0 Å². The fourth-order valence-electron chi connectivity index (χ4n) is 3.56. The van der Waals surface area contributed by atoms with Crippen LogP contribution in [0.4, 0.5) is 0 Å². The van der Waals surface area contributed by atoms with E-state index in [0.29, 0.717) is 22.6 Å². The van der Waals surface area contributed by atoms with Crippen LogP contribution in [0, 0.1) is 5.92 Å². The smallest absolute Gasteiger partial charge is 0.179 e. The summed E-state index contributed by atoms with van der Waals surface area (Å²) < 4.78 is 10.7. The molecule has 0 bridgehead atoms. The third-order valence-electron chi connectivity index (χ3n) is 4.63. The number of hydrogen-bond donors (Lipinski definition) is 1. The zero-order valence-corrected chi connectivity index (χ0v) is 13.4. The molecule has 2 aliphatic heterocycles.